The van der Waals surface area contributed by atoms with Crippen LogP contribution in [0.25, 0.3) is 22.3 Å². The summed E-state index contributed by atoms with van der Waals surface area (Å²) in [4.78, 5) is 42.5. The van der Waals surface area contributed by atoms with E-state index in [0.29, 0.717) is 39.0 Å². The van der Waals surface area contributed by atoms with Gasteiger partial charge in [0.05, 0.1) is 35.1 Å². The van der Waals surface area contributed by atoms with E-state index in [9.17, 15) is 29.0 Å². The van der Waals surface area contributed by atoms with Gasteiger partial charge in [0.25, 0.3) is 5.56 Å². The number of hydrogen-bond acceptors (Lipinski definition) is 7. The van der Waals surface area contributed by atoms with Gasteiger partial charge in [0.15, 0.2) is 5.60 Å². The number of ether oxygens (including phenoxy) is 1. The van der Waals surface area contributed by atoms with Crippen molar-refractivity contribution in [2.24, 2.45) is 0 Å². The molecule has 4 heterocycles. The van der Waals surface area contributed by atoms with Gasteiger partial charge in [-0.1, -0.05) is 6.92 Å². The number of nitrogens with zero attached hydrogens (tertiary/aromatic N) is 2. The topological polar surface area (TPSA) is 131 Å². The number of fused-ring (bicyclic) bond motifs is 5. The molecule has 3 aromatic rings. The number of carbonyl (C=O) groups excluding carboxylic acids is 2. The molecule has 35 heavy (non-hydrogen) atoms. The fourth-order valence-electron chi connectivity index (χ4n) is 5.09. The highest BCUT2D eigenvalue weighted by Gasteiger charge is 2.45. The minimum atomic E-state index is -1.96. The zero-order valence-corrected chi connectivity index (χ0v) is 19.4. The number of carbonyl (C=O) groups is 2. The molecule has 0 spiro atoms. The van der Waals surface area contributed by atoms with Crippen molar-refractivity contribution in [2.45, 2.75) is 52.0 Å². The lowest BCUT2D eigenvalue weighted by Crippen LogP contribution is -2.44. The van der Waals surface area contributed by atoms with Gasteiger partial charge in [-0.25, -0.2) is 14.2 Å². The SMILES string of the molecule is CC[C@@]1(O)C(=O)OCc2c1cc1n(c2=O)Cc2c-1nc1cc(F)c(C)cc1c2[C@H](C)NC(=O)CO. The molecule has 0 radical (unpaired) electrons. The smallest absolute Gasteiger partial charge is 0.343 e. The average molecular weight is 481 g/mol. The highest BCUT2D eigenvalue weighted by Crippen LogP contribution is 2.41. The van der Waals surface area contributed by atoms with Crippen molar-refractivity contribution in [1.82, 2.24) is 14.9 Å². The van der Waals surface area contributed by atoms with Crippen LogP contribution >= 0.6 is 0 Å². The Morgan fingerprint density at radius 3 is 2.74 bits per heavy atom. The third kappa shape index (κ3) is 3.28. The molecule has 3 N–H and O–H groups in total. The van der Waals surface area contributed by atoms with E-state index in [4.69, 9.17) is 4.74 Å². The van der Waals surface area contributed by atoms with Gasteiger partial charge in [0.2, 0.25) is 5.91 Å². The molecule has 1 amide bonds. The van der Waals surface area contributed by atoms with Gasteiger partial charge >= 0.3 is 5.97 Å². The number of hydrogen-bond donors (Lipinski definition) is 3. The van der Waals surface area contributed by atoms with Crippen molar-refractivity contribution in [1.29, 1.82) is 0 Å². The molecule has 0 fully saturated rings. The van der Waals surface area contributed by atoms with Crippen LogP contribution in [0, 0.1) is 12.7 Å². The van der Waals surface area contributed by atoms with Crippen LogP contribution < -0.4 is 10.9 Å². The molecule has 2 aliphatic rings. The van der Waals surface area contributed by atoms with Crippen molar-refractivity contribution in [2.75, 3.05) is 6.61 Å². The average Bonchev–Trinajstić information content (AvgIpc) is 3.19. The highest BCUT2D eigenvalue weighted by atomic mass is 19.1. The zero-order chi connectivity index (χ0) is 25.2. The van der Waals surface area contributed by atoms with Crippen LogP contribution in [0.2, 0.25) is 0 Å². The van der Waals surface area contributed by atoms with E-state index < -0.39 is 41.5 Å². The normalized spacial score (nSPS) is 19.1. The van der Waals surface area contributed by atoms with E-state index in [1.165, 1.54) is 10.6 Å². The second-order valence-corrected chi connectivity index (χ2v) is 9.02. The van der Waals surface area contributed by atoms with E-state index in [2.05, 4.69) is 10.3 Å². The quantitative estimate of drug-likeness (QED) is 0.378. The number of aromatic nitrogens is 2. The first kappa shape index (κ1) is 23.1. The summed E-state index contributed by atoms with van der Waals surface area (Å²) in [6, 6.07) is 3.94. The largest absolute Gasteiger partial charge is 0.458 e. The second-order valence-electron chi connectivity index (χ2n) is 9.02. The first-order chi connectivity index (χ1) is 16.6. The Hall–Kier alpha value is -3.63. The number of amides is 1. The molecule has 9 nitrogen and oxygen atoms in total. The molecule has 0 aliphatic carbocycles. The Morgan fingerprint density at radius 2 is 2.06 bits per heavy atom. The molecule has 1 aromatic carbocycles. The van der Waals surface area contributed by atoms with Gasteiger partial charge in [0.1, 0.15) is 19.0 Å². The number of nitrogens with one attached hydrogen (secondary N) is 1. The molecule has 0 bridgehead atoms. The molecule has 0 saturated heterocycles. The van der Waals surface area contributed by atoms with Crippen LogP contribution in [0.1, 0.15) is 54.1 Å². The van der Waals surface area contributed by atoms with E-state index in [0.717, 1.165) is 0 Å². The maximum Gasteiger partial charge on any atom is 0.343 e. The van der Waals surface area contributed by atoms with Crippen molar-refractivity contribution in [3.8, 4) is 11.4 Å². The summed E-state index contributed by atoms with van der Waals surface area (Å²) in [5.41, 5.74) is 0.808. The van der Waals surface area contributed by atoms with Crippen molar-refractivity contribution < 1.29 is 28.9 Å². The van der Waals surface area contributed by atoms with Crippen molar-refractivity contribution >= 4 is 22.8 Å². The van der Waals surface area contributed by atoms with Gasteiger partial charge in [-0.15, -0.1) is 0 Å². The number of aliphatic hydroxyl groups excluding tert-OH is 1. The van der Waals surface area contributed by atoms with Crippen LogP contribution in [0.15, 0.2) is 23.0 Å². The maximum absolute atomic E-state index is 14.5. The summed E-state index contributed by atoms with van der Waals surface area (Å²) < 4.78 is 21.1. The van der Waals surface area contributed by atoms with E-state index in [-0.39, 0.29) is 30.7 Å². The number of pyridine rings is 2. The van der Waals surface area contributed by atoms with Crippen LogP contribution in [-0.2, 0) is 33.1 Å². The van der Waals surface area contributed by atoms with Crippen molar-refractivity contribution in [3.05, 3.63) is 62.2 Å². The van der Waals surface area contributed by atoms with E-state index in [1.807, 2.05) is 0 Å². The number of aryl methyl sites for hydroxylation is 1. The summed E-state index contributed by atoms with van der Waals surface area (Å²) in [6.07, 6.45) is 0.0136. The van der Waals surface area contributed by atoms with E-state index in [1.54, 1.807) is 32.9 Å². The van der Waals surface area contributed by atoms with Gasteiger partial charge in [-0.05, 0) is 43.5 Å². The fourth-order valence-corrected chi connectivity index (χ4v) is 5.09. The minimum Gasteiger partial charge on any atom is -0.458 e. The molecular formula is C25H24FN3O6. The Bertz CT molecular complexity index is 1500. The first-order valence-corrected chi connectivity index (χ1v) is 11.3. The molecular weight excluding hydrogens is 457 g/mol. The Morgan fingerprint density at radius 1 is 1.31 bits per heavy atom. The number of cyclic esters (lactones) is 1. The molecule has 2 atom stereocenters. The minimum absolute atomic E-state index is 0.0136. The van der Waals surface area contributed by atoms with Crippen LogP contribution in [0.4, 0.5) is 4.39 Å². The van der Waals surface area contributed by atoms with E-state index >= 15 is 0 Å². The third-order valence-corrected chi connectivity index (χ3v) is 6.97. The number of halogens is 1. The molecule has 2 aliphatic heterocycles. The maximum atomic E-state index is 14.5. The van der Waals surface area contributed by atoms with Gasteiger partial charge in [-0.2, -0.15) is 0 Å². The van der Waals surface area contributed by atoms with Crippen molar-refractivity contribution in [3.63, 3.8) is 0 Å². The first-order valence-electron chi connectivity index (χ1n) is 11.3. The molecule has 0 unspecified atom stereocenters. The summed E-state index contributed by atoms with van der Waals surface area (Å²) in [6.45, 7) is 4.17. The van der Waals surface area contributed by atoms with Gasteiger partial charge in [0, 0.05) is 22.6 Å². The molecule has 5 rings (SSSR count). The lowest BCUT2D eigenvalue weighted by molar-refractivity contribution is -0.172. The Labute approximate surface area is 199 Å². The molecule has 182 valence electrons. The second kappa shape index (κ2) is 7.96. The highest BCUT2D eigenvalue weighted by molar-refractivity contribution is 5.90. The van der Waals surface area contributed by atoms with Gasteiger partial charge < -0.3 is 24.8 Å². The predicted molar refractivity (Wildman–Crippen MR) is 123 cm³/mol. The lowest BCUT2D eigenvalue weighted by atomic mass is 9.86. The summed E-state index contributed by atoms with van der Waals surface area (Å²) in [5.74, 6) is -1.85. The molecule has 2 aromatic heterocycles. The summed E-state index contributed by atoms with van der Waals surface area (Å²) in [7, 11) is 0. The fraction of sp³-hybridized carbons (Fsp3) is 0.360. The monoisotopic (exact) mass is 481 g/mol. The van der Waals surface area contributed by atoms with Crippen LogP contribution in [-0.4, -0.2) is 38.2 Å². The summed E-state index contributed by atoms with van der Waals surface area (Å²) in [5, 5.41) is 23.6. The number of esters is 1. The standard InChI is InChI=1S/C25H24FN3O6/c1-4-25(34)16-6-19-22-14(8-29(19)23(32)15(16)10-35-24(25)33)21(12(3)27-20(31)9-30)13-5-11(2)17(26)7-18(13)28-22/h5-7,12,30,34H,4,8-10H2,1-3H3,(H,27,31)/t12-,25-/m0/s1. The predicted octanol–water partition coefficient (Wildman–Crippen LogP) is 1.70. The number of benzene rings is 1. The molecule has 0 saturated carbocycles. The number of aliphatic hydroxyl groups is 2. The van der Waals surface area contributed by atoms with Crippen LogP contribution in [0.5, 0.6) is 0 Å². The molecule has 10 heteroatoms. The lowest BCUT2D eigenvalue weighted by Gasteiger charge is -2.31. The summed E-state index contributed by atoms with van der Waals surface area (Å²) >= 11 is 0. The zero-order valence-electron chi connectivity index (χ0n) is 19.4. The van der Waals surface area contributed by atoms with Gasteiger partial charge in [-0.3, -0.25) is 9.59 Å². The Kier molecular flexibility index (Phi) is 5.26. The van der Waals surface area contributed by atoms with Crippen LogP contribution in [0.3, 0.4) is 0 Å². The third-order valence-electron chi connectivity index (χ3n) is 6.97. The Balaban J connectivity index is 1.81. The number of rotatable bonds is 4.